The van der Waals surface area contributed by atoms with Gasteiger partial charge in [-0.25, -0.2) is 15.0 Å². The van der Waals surface area contributed by atoms with Crippen LogP contribution in [-0.4, -0.2) is 53.5 Å². The molecule has 1 saturated carbocycles. The molecular weight excluding hydrogens is 705 g/mol. The van der Waals surface area contributed by atoms with Gasteiger partial charge >= 0.3 is 5.97 Å². The molecule has 50 heavy (non-hydrogen) atoms. The van der Waals surface area contributed by atoms with E-state index in [1.54, 1.807) is 77.7 Å². The Labute approximate surface area is 300 Å². The predicted molar refractivity (Wildman–Crippen MR) is 183 cm³/mol. The summed E-state index contributed by atoms with van der Waals surface area (Å²) in [6.07, 6.45) is 5.45. The number of carbonyl (C=O) groups is 3. The van der Waals surface area contributed by atoms with Crippen LogP contribution in [-0.2, 0) is 38.8 Å². The van der Waals surface area contributed by atoms with Gasteiger partial charge in [0.25, 0.3) is 11.8 Å². The highest BCUT2D eigenvalue weighted by Crippen LogP contribution is 2.47. The van der Waals surface area contributed by atoms with E-state index in [0.717, 1.165) is 12.8 Å². The first-order valence-electron chi connectivity index (χ1n) is 15.9. The molecule has 2 aliphatic rings. The Balaban J connectivity index is 1.23. The molecule has 1 aliphatic carbocycles. The van der Waals surface area contributed by atoms with Crippen molar-refractivity contribution < 1.29 is 32.7 Å². The molecular formula is C35H32Cl2N5O7S-. The van der Waals surface area contributed by atoms with E-state index in [9.17, 15) is 23.1 Å². The van der Waals surface area contributed by atoms with Gasteiger partial charge in [-0.3, -0.25) is 28.6 Å². The highest BCUT2D eigenvalue weighted by atomic mass is 35.5. The number of benzene rings is 3. The van der Waals surface area contributed by atoms with Gasteiger partial charge < -0.3 is 14.2 Å². The average molecular weight is 738 g/mol. The standard InChI is InChI=1S/C35H33Cl2N5O7S/c36-22-14-15-27(28(37)16-22)32-31(25-10-4-5-11-26(25)34(44)42(32)30-13-7-6-12-29(30)41-50(46)47)33(43)40-49-20-24-18-38-23(17-39-24)19-48-35(45)21-8-2-1-3-9-21/h1-5,8-11,14-18,29-32,41H,6-7,12-13,19-20H2,(H,40,43)(H,46,47)/p-1/t29-,30-,31+,32-/m0/s1. The molecule has 12 nitrogen and oxygen atoms in total. The second-order valence-corrected chi connectivity index (χ2v) is 13.4. The molecule has 2 amide bonds. The summed E-state index contributed by atoms with van der Waals surface area (Å²) in [6, 6.07) is 18.2. The van der Waals surface area contributed by atoms with Crippen LogP contribution in [0.3, 0.4) is 0 Å². The van der Waals surface area contributed by atoms with Crippen LogP contribution < -0.4 is 10.2 Å². The van der Waals surface area contributed by atoms with E-state index in [1.807, 2.05) is 0 Å². The van der Waals surface area contributed by atoms with Gasteiger partial charge in [-0.1, -0.05) is 78.5 Å². The van der Waals surface area contributed by atoms with Gasteiger partial charge in [-0.2, -0.15) is 0 Å². The Bertz CT molecular complexity index is 1890. The summed E-state index contributed by atoms with van der Waals surface area (Å²) in [5.41, 5.74) is 5.02. The van der Waals surface area contributed by atoms with Crippen molar-refractivity contribution >= 4 is 52.3 Å². The average Bonchev–Trinajstić information content (AvgIpc) is 3.12. The molecule has 1 aromatic heterocycles. The molecule has 6 rings (SSSR count). The second kappa shape index (κ2) is 16.2. The molecule has 0 spiro atoms. The third-order valence-corrected chi connectivity index (χ3v) is 9.84. The van der Waals surface area contributed by atoms with Gasteiger partial charge in [0.2, 0.25) is 0 Å². The van der Waals surface area contributed by atoms with Gasteiger partial charge in [-0.15, -0.1) is 0 Å². The fourth-order valence-electron chi connectivity index (χ4n) is 6.55. The Morgan fingerprint density at radius 3 is 2.34 bits per heavy atom. The normalized spacial score (nSPS) is 20.9. The van der Waals surface area contributed by atoms with E-state index in [2.05, 4.69) is 20.2 Å². The number of nitrogens with zero attached hydrogens (tertiary/aromatic N) is 3. The van der Waals surface area contributed by atoms with Crippen molar-refractivity contribution in [3.05, 3.63) is 129 Å². The molecule has 260 valence electrons. The zero-order chi connectivity index (χ0) is 35.2. The van der Waals surface area contributed by atoms with Crippen LogP contribution in [0.2, 0.25) is 10.0 Å². The minimum absolute atomic E-state index is 0.0777. The number of esters is 1. The van der Waals surface area contributed by atoms with E-state index >= 15 is 0 Å². The van der Waals surface area contributed by atoms with Crippen molar-refractivity contribution in [1.29, 1.82) is 0 Å². The number of hydrogen-bond donors (Lipinski definition) is 2. The minimum Gasteiger partial charge on any atom is -0.760 e. The molecule has 1 aliphatic heterocycles. The summed E-state index contributed by atoms with van der Waals surface area (Å²) < 4.78 is 31.5. The molecule has 15 heteroatoms. The topological polar surface area (TPSA) is 163 Å². The van der Waals surface area contributed by atoms with Crippen LogP contribution in [0.1, 0.15) is 80.9 Å². The molecule has 1 fully saturated rings. The van der Waals surface area contributed by atoms with Gasteiger partial charge in [-0.05, 0) is 54.3 Å². The number of carbonyl (C=O) groups excluding carboxylic acids is 3. The molecule has 4 aromatic rings. The van der Waals surface area contributed by atoms with Gasteiger partial charge in [0.1, 0.15) is 13.2 Å². The Hall–Kier alpha value is -4.24. The lowest BCUT2D eigenvalue weighted by Crippen LogP contribution is -2.58. The van der Waals surface area contributed by atoms with Crippen LogP contribution in [0, 0.1) is 0 Å². The SMILES string of the molecule is O=C(OCc1cnc(CONC(=O)[C@@H]2c3ccccc3C(=O)N([C@H]3CCCC[C@@H]3NS(=O)[O-])[C@H]2c2ccc(Cl)cc2Cl)cn1)c1ccccc1. The van der Waals surface area contributed by atoms with E-state index in [-0.39, 0.29) is 24.1 Å². The van der Waals surface area contributed by atoms with Gasteiger partial charge in [0.15, 0.2) is 0 Å². The smallest absolute Gasteiger partial charge is 0.338 e. The summed E-state index contributed by atoms with van der Waals surface area (Å²) in [6.45, 7) is -0.220. The first-order valence-corrected chi connectivity index (χ1v) is 17.7. The largest absolute Gasteiger partial charge is 0.760 e. The lowest BCUT2D eigenvalue weighted by molar-refractivity contribution is -0.138. The number of rotatable bonds is 11. The Morgan fingerprint density at radius 2 is 1.62 bits per heavy atom. The molecule has 3 aromatic carbocycles. The summed E-state index contributed by atoms with van der Waals surface area (Å²) in [4.78, 5) is 56.5. The van der Waals surface area contributed by atoms with Gasteiger partial charge in [0.05, 0.1) is 41.3 Å². The predicted octanol–water partition coefficient (Wildman–Crippen LogP) is 5.36. The zero-order valence-electron chi connectivity index (χ0n) is 26.5. The fraction of sp³-hybridized carbons (Fsp3) is 0.286. The van der Waals surface area contributed by atoms with Crippen LogP contribution in [0.4, 0.5) is 0 Å². The molecule has 0 radical (unpaired) electrons. The first kappa shape index (κ1) is 35.6. The highest BCUT2D eigenvalue weighted by Gasteiger charge is 2.49. The first-order chi connectivity index (χ1) is 24.2. The fourth-order valence-corrected chi connectivity index (χ4v) is 7.59. The second-order valence-electron chi connectivity index (χ2n) is 11.9. The number of ether oxygens (including phenoxy) is 1. The van der Waals surface area contributed by atoms with Crippen molar-refractivity contribution in [2.24, 2.45) is 0 Å². The van der Waals surface area contributed by atoms with Gasteiger partial charge in [0, 0.05) is 39.0 Å². The Kier molecular flexibility index (Phi) is 11.5. The van der Waals surface area contributed by atoms with Crippen molar-refractivity contribution in [3.8, 4) is 0 Å². The number of hydrogen-bond acceptors (Lipinski definition) is 9. The molecule has 0 saturated heterocycles. The molecule has 0 bridgehead atoms. The maximum absolute atomic E-state index is 14.3. The molecule has 2 N–H and O–H groups in total. The number of nitrogens with one attached hydrogen (secondary N) is 2. The summed E-state index contributed by atoms with van der Waals surface area (Å²) >= 11 is 10.4. The van der Waals surface area contributed by atoms with Crippen molar-refractivity contribution in [1.82, 2.24) is 25.1 Å². The summed E-state index contributed by atoms with van der Waals surface area (Å²) in [5.74, 6) is -2.39. The van der Waals surface area contributed by atoms with Crippen LogP contribution in [0.25, 0.3) is 0 Å². The lowest BCUT2D eigenvalue weighted by atomic mass is 9.76. The van der Waals surface area contributed by atoms with Crippen LogP contribution in [0.5, 0.6) is 0 Å². The summed E-state index contributed by atoms with van der Waals surface area (Å²) in [7, 11) is 0. The Morgan fingerprint density at radius 1 is 0.920 bits per heavy atom. The van der Waals surface area contributed by atoms with Crippen molar-refractivity contribution in [2.75, 3.05) is 0 Å². The monoisotopic (exact) mass is 736 g/mol. The summed E-state index contributed by atoms with van der Waals surface area (Å²) in [5, 5.41) is 0.619. The highest BCUT2D eigenvalue weighted by molar-refractivity contribution is 7.77. The van der Waals surface area contributed by atoms with Crippen molar-refractivity contribution in [3.63, 3.8) is 0 Å². The van der Waals surface area contributed by atoms with Crippen LogP contribution in [0.15, 0.2) is 85.2 Å². The molecule has 5 atom stereocenters. The number of hydroxylamine groups is 1. The molecule has 1 unspecified atom stereocenters. The third-order valence-electron chi connectivity index (χ3n) is 8.79. The number of aromatic nitrogens is 2. The van der Waals surface area contributed by atoms with Crippen molar-refractivity contribution in [2.45, 2.75) is 62.9 Å². The maximum atomic E-state index is 14.3. The molecule has 2 heterocycles. The minimum atomic E-state index is -2.57. The lowest BCUT2D eigenvalue weighted by Gasteiger charge is -2.49. The quantitative estimate of drug-likeness (QED) is 0.117. The maximum Gasteiger partial charge on any atom is 0.338 e. The zero-order valence-corrected chi connectivity index (χ0v) is 28.8. The van der Waals surface area contributed by atoms with E-state index in [1.165, 1.54) is 12.4 Å². The van der Waals surface area contributed by atoms with Crippen LogP contribution >= 0.6 is 23.2 Å². The van der Waals surface area contributed by atoms with E-state index < -0.39 is 47.2 Å². The number of amides is 2. The third kappa shape index (κ3) is 8.04. The van der Waals surface area contributed by atoms with E-state index in [4.69, 9.17) is 32.8 Å². The van der Waals surface area contributed by atoms with E-state index in [0.29, 0.717) is 51.5 Å². The number of fused-ring (bicyclic) bond motifs is 1. The number of halogens is 2.